The van der Waals surface area contributed by atoms with Gasteiger partial charge in [-0.1, -0.05) is 18.2 Å². The van der Waals surface area contributed by atoms with Gasteiger partial charge in [0.2, 0.25) is 11.8 Å². The molecule has 0 amide bonds. The van der Waals surface area contributed by atoms with Crippen molar-refractivity contribution in [1.82, 2.24) is 19.7 Å². The van der Waals surface area contributed by atoms with Gasteiger partial charge in [-0.3, -0.25) is 4.68 Å². The Kier molecular flexibility index (Phi) is 7.93. The summed E-state index contributed by atoms with van der Waals surface area (Å²) >= 11 is 0. The number of aryl methyl sites for hydroxylation is 3. The SMILES string of the molecule is Cc1cccc(C)c1-c1cc(Oc2ccc(NC(C)CS(C)(=O)=O)cc2)nc(NS(=O)(=O)c2cnn(C)c2)n1. The third kappa shape index (κ3) is 7.33. The molecule has 0 aliphatic rings. The van der Waals surface area contributed by atoms with Crippen LogP contribution in [0.2, 0.25) is 0 Å². The lowest BCUT2D eigenvalue weighted by Crippen LogP contribution is -2.24. The first-order valence-electron chi connectivity index (χ1n) is 12.0. The van der Waals surface area contributed by atoms with E-state index in [-0.39, 0.29) is 28.5 Å². The van der Waals surface area contributed by atoms with Crippen molar-refractivity contribution in [2.45, 2.75) is 31.7 Å². The van der Waals surface area contributed by atoms with E-state index in [9.17, 15) is 16.8 Å². The largest absolute Gasteiger partial charge is 0.439 e. The van der Waals surface area contributed by atoms with Crippen LogP contribution in [0.15, 0.2) is 65.8 Å². The van der Waals surface area contributed by atoms with Crippen LogP contribution in [-0.2, 0) is 26.9 Å². The standard InChI is InChI=1S/C26H30N6O5S2/c1-17-7-6-8-18(2)25(17)23-13-24(30-26(29-23)31-39(35,36)22-14-27-32(4)15-22)37-21-11-9-20(10-12-21)28-19(3)16-38(5,33)34/h6-15,19,28H,16H2,1-5H3,(H,29,30,31). The molecule has 2 aromatic heterocycles. The molecule has 0 saturated heterocycles. The van der Waals surface area contributed by atoms with E-state index >= 15 is 0 Å². The predicted octanol–water partition coefficient (Wildman–Crippen LogP) is 3.93. The zero-order chi connectivity index (χ0) is 28.4. The number of hydrogen-bond acceptors (Lipinski definition) is 9. The van der Waals surface area contributed by atoms with E-state index < -0.39 is 19.9 Å². The molecular weight excluding hydrogens is 540 g/mol. The van der Waals surface area contributed by atoms with E-state index in [0.717, 1.165) is 22.4 Å². The van der Waals surface area contributed by atoms with Gasteiger partial charge in [0.05, 0.1) is 17.6 Å². The lowest BCUT2D eigenvalue weighted by atomic mass is 10.00. The number of ether oxygens (including phenoxy) is 1. The predicted molar refractivity (Wildman–Crippen MR) is 150 cm³/mol. The highest BCUT2D eigenvalue weighted by molar-refractivity contribution is 7.92. The minimum atomic E-state index is -4.00. The zero-order valence-electron chi connectivity index (χ0n) is 22.2. The van der Waals surface area contributed by atoms with Crippen LogP contribution in [0.1, 0.15) is 18.1 Å². The van der Waals surface area contributed by atoms with Crippen LogP contribution in [0, 0.1) is 13.8 Å². The third-order valence-electron chi connectivity index (χ3n) is 5.70. The van der Waals surface area contributed by atoms with Crippen molar-refractivity contribution in [1.29, 1.82) is 0 Å². The van der Waals surface area contributed by atoms with E-state index in [1.54, 1.807) is 44.3 Å². The summed E-state index contributed by atoms with van der Waals surface area (Å²) in [5.74, 6) is 0.438. The van der Waals surface area contributed by atoms with Gasteiger partial charge >= 0.3 is 0 Å². The van der Waals surface area contributed by atoms with Gasteiger partial charge in [-0.15, -0.1) is 0 Å². The van der Waals surface area contributed by atoms with Crippen molar-refractivity contribution in [2.24, 2.45) is 7.05 Å². The molecule has 0 bridgehead atoms. The normalized spacial score (nSPS) is 12.6. The van der Waals surface area contributed by atoms with E-state index in [2.05, 4.69) is 25.1 Å². The second-order valence-electron chi connectivity index (χ2n) is 9.40. The van der Waals surface area contributed by atoms with Crippen molar-refractivity contribution in [2.75, 3.05) is 22.0 Å². The Morgan fingerprint density at radius 1 is 1.00 bits per heavy atom. The number of rotatable bonds is 10. The summed E-state index contributed by atoms with van der Waals surface area (Å²) in [5, 5.41) is 7.07. The summed E-state index contributed by atoms with van der Waals surface area (Å²) in [7, 11) is -5.49. The smallest absolute Gasteiger partial charge is 0.267 e. The molecule has 0 aliphatic carbocycles. The molecule has 0 aliphatic heterocycles. The molecule has 39 heavy (non-hydrogen) atoms. The van der Waals surface area contributed by atoms with Gasteiger partial charge in [0.25, 0.3) is 10.0 Å². The molecule has 0 saturated carbocycles. The fourth-order valence-electron chi connectivity index (χ4n) is 4.11. The van der Waals surface area contributed by atoms with Gasteiger partial charge in [-0.05, 0) is 56.2 Å². The Morgan fingerprint density at radius 3 is 2.26 bits per heavy atom. The van der Waals surface area contributed by atoms with Crippen LogP contribution < -0.4 is 14.8 Å². The second-order valence-corrected chi connectivity index (χ2v) is 13.3. The molecule has 2 aromatic carbocycles. The van der Waals surface area contributed by atoms with Crippen LogP contribution in [-0.4, -0.2) is 54.6 Å². The number of nitrogens with zero attached hydrogens (tertiary/aromatic N) is 4. The van der Waals surface area contributed by atoms with Crippen LogP contribution in [0.4, 0.5) is 11.6 Å². The van der Waals surface area contributed by atoms with Crippen molar-refractivity contribution < 1.29 is 21.6 Å². The van der Waals surface area contributed by atoms with E-state index in [1.165, 1.54) is 23.3 Å². The number of hydrogen-bond donors (Lipinski definition) is 2. The Morgan fingerprint density at radius 2 is 1.67 bits per heavy atom. The van der Waals surface area contributed by atoms with Crippen LogP contribution in [0.25, 0.3) is 11.3 Å². The molecule has 4 rings (SSSR count). The second kappa shape index (κ2) is 11.0. The molecule has 0 radical (unpaired) electrons. The fourth-order valence-corrected chi connectivity index (χ4v) is 6.02. The molecule has 2 heterocycles. The van der Waals surface area contributed by atoms with Crippen molar-refractivity contribution in [3.8, 4) is 22.9 Å². The molecule has 2 N–H and O–H groups in total. The van der Waals surface area contributed by atoms with Crippen molar-refractivity contribution >= 4 is 31.5 Å². The van der Waals surface area contributed by atoms with Crippen LogP contribution >= 0.6 is 0 Å². The monoisotopic (exact) mass is 570 g/mol. The Hall–Kier alpha value is -3.97. The third-order valence-corrected chi connectivity index (χ3v) is 8.09. The first-order chi connectivity index (χ1) is 18.3. The minimum Gasteiger partial charge on any atom is -0.439 e. The summed E-state index contributed by atoms with van der Waals surface area (Å²) in [6.07, 6.45) is 3.81. The Balaban J connectivity index is 1.65. The van der Waals surface area contributed by atoms with E-state index in [0.29, 0.717) is 11.4 Å². The molecule has 206 valence electrons. The summed E-state index contributed by atoms with van der Waals surface area (Å²) in [6.45, 7) is 5.68. The van der Waals surface area contributed by atoms with Gasteiger partial charge in [0.1, 0.15) is 20.5 Å². The topological polar surface area (TPSA) is 145 Å². The number of anilines is 2. The number of sulfone groups is 1. The van der Waals surface area contributed by atoms with E-state index in [4.69, 9.17) is 4.74 Å². The van der Waals surface area contributed by atoms with Crippen LogP contribution in [0.3, 0.4) is 0 Å². The number of aromatic nitrogens is 4. The summed E-state index contributed by atoms with van der Waals surface area (Å²) in [6, 6.07) is 14.1. The van der Waals surface area contributed by atoms with Gasteiger partial charge in [-0.2, -0.15) is 10.1 Å². The zero-order valence-corrected chi connectivity index (χ0v) is 23.8. The van der Waals surface area contributed by atoms with Gasteiger partial charge in [0, 0.05) is 42.9 Å². The molecule has 0 fully saturated rings. The molecule has 11 nitrogen and oxygen atoms in total. The number of benzene rings is 2. The summed E-state index contributed by atoms with van der Waals surface area (Å²) in [4.78, 5) is 8.78. The lowest BCUT2D eigenvalue weighted by Gasteiger charge is -2.15. The summed E-state index contributed by atoms with van der Waals surface area (Å²) in [5.41, 5.74) is 3.97. The quantitative estimate of drug-likeness (QED) is 0.290. The molecule has 1 unspecified atom stereocenters. The Bertz CT molecular complexity index is 1680. The summed E-state index contributed by atoms with van der Waals surface area (Å²) < 4.78 is 58.8. The minimum absolute atomic E-state index is 0.00497. The van der Waals surface area contributed by atoms with Gasteiger partial charge < -0.3 is 10.1 Å². The highest BCUT2D eigenvalue weighted by Gasteiger charge is 2.20. The highest BCUT2D eigenvalue weighted by Crippen LogP contribution is 2.31. The average molecular weight is 571 g/mol. The van der Waals surface area contributed by atoms with Gasteiger partial charge in [0.15, 0.2) is 0 Å². The van der Waals surface area contributed by atoms with Crippen LogP contribution in [0.5, 0.6) is 11.6 Å². The molecule has 13 heteroatoms. The highest BCUT2D eigenvalue weighted by atomic mass is 32.2. The van der Waals surface area contributed by atoms with Gasteiger partial charge in [-0.25, -0.2) is 26.5 Å². The first kappa shape index (κ1) is 28.0. The average Bonchev–Trinajstić information content (AvgIpc) is 3.26. The molecular formula is C26H30N6O5S2. The lowest BCUT2D eigenvalue weighted by molar-refractivity contribution is 0.463. The molecule has 4 aromatic rings. The fraction of sp³-hybridized carbons (Fsp3) is 0.269. The van der Waals surface area contributed by atoms with E-state index in [1.807, 2.05) is 32.0 Å². The number of sulfonamides is 1. The van der Waals surface area contributed by atoms with Crippen molar-refractivity contribution in [3.05, 3.63) is 72.1 Å². The molecule has 0 spiro atoms. The first-order valence-corrected chi connectivity index (χ1v) is 15.5. The maximum absolute atomic E-state index is 12.9. The molecule has 1 atom stereocenters. The maximum atomic E-state index is 12.9. The maximum Gasteiger partial charge on any atom is 0.267 e. The van der Waals surface area contributed by atoms with Crippen molar-refractivity contribution in [3.63, 3.8) is 0 Å². The Labute approximate surface area is 228 Å². The number of nitrogens with one attached hydrogen (secondary N) is 2.